The van der Waals surface area contributed by atoms with Crippen molar-refractivity contribution in [1.29, 1.82) is 0 Å². The summed E-state index contributed by atoms with van der Waals surface area (Å²) in [6.45, 7) is 4.35. The largest absolute Gasteiger partial charge is 0.492 e. The third-order valence-corrected chi connectivity index (χ3v) is 3.64. The summed E-state index contributed by atoms with van der Waals surface area (Å²) >= 11 is 5.96. The van der Waals surface area contributed by atoms with Crippen LogP contribution in [0, 0.1) is 5.92 Å². The number of hydrogen-bond acceptors (Lipinski definition) is 3. The van der Waals surface area contributed by atoms with E-state index in [1.165, 1.54) is 0 Å². The summed E-state index contributed by atoms with van der Waals surface area (Å²) in [7, 11) is 0. The Morgan fingerprint density at radius 3 is 2.95 bits per heavy atom. The predicted molar refractivity (Wildman–Crippen MR) is 80.4 cm³/mol. The Morgan fingerprint density at radius 2 is 2.24 bits per heavy atom. The Labute approximate surface area is 129 Å². The molecule has 6 heteroatoms. The molecule has 0 spiro atoms. The van der Waals surface area contributed by atoms with Crippen LogP contribution in [0.5, 0.6) is 5.75 Å². The highest BCUT2D eigenvalue weighted by Gasteiger charge is 2.28. The zero-order valence-corrected chi connectivity index (χ0v) is 12.9. The summed E-state index contributed by atoms with van der Waals surface area (Å²) in [5, 5.41) is 6.01. The summed E-state index contributed by atoms with van der Waals surface area (Å²) in [6.07, 6.45) is 0.559. The fraction of sp³-hybridized carbons (Fsp3) is 0.467. The molecule has 1 aliphatic rings. The second-order valence-corrected chi connectivity index (χ2v) is 5.53. The van der Waals surface area contributed by atoms with Gasteiger partial charge in [-0.05, 0) is 44.0 Å². The maximum Gasteiger partial charge on any atom is 0.242 e. The number of hydrogen-bond donors (Lipinski definition) is 2. The molecule has 1 aromatic carbocycles. The molecule has 1 heterocycles. The van der Waals surface area contributed by atoms with Gasteiger partial charge in [0.05, 0.1) is 5.92 Å². The van der Waals surface area contributed by atoms with Gasteiger partial charge in [0.1, 0.15) is 18.4 Å². The molecule has 1 aliphatic heterocycles. The Morgan fingerprint density at radius 1 is 1.48 bits per heavy atom. The number of amides is 2. The minimum absolute atomic E-state index is 0.181. The number of benzene rings is 1. The van der Waals surface area contributed by atoms with Gasteiger partial charge in [0.15, 0.2) is 0 Å². The maximum absolute atomic E-state index is 12.2. The van der Waals surface area contributed by atoms with Crippen LogP contribution in [0.1, 0.15) is 19.4 Å². The topological polar surface area (TPSA) is 67.4 Å². The molecule has 0 aliphatic carbocycles. The summed E-state index contributed by atoms with van der Waals surface area (Å²) < 4.78 is 5.58. The molecule has 0 saturated heterocycles. The standard InChI is InChI=1S/C15H19ClN2O3/c1-3-17-14(19)9(2)18-15(20)11-6-10-7-12(16)4-5-13(10)21-8-11/h4-5,7,9,11H,3,6,8H2,1-2H3,(H,17,19)(H,18,20)/t9-,11-/m0/s1. The lowest BCUT2D eigenvalue weighted by atomic mass is 9.96. The number of carbonyl (C=O) groups is 2. The number of nitrogens with one attached hydrogen (secondary N) is 2. The van der Waals surface area contributed by atoms with Gasteiger partial charge in [0.2, 0.25) is 11.8 Å². The number of rotatable bonds is 4. The van der Waals surface area contributed by atoms with Crippen molar-refractivity contribution in [2.75, 3.05) is 13.2 Å². The molecule has 5 nitrogen and oxygen atoms in total. The van der Waals surface area contributed by atoms with Crippen molar-refractivity contribution < 1.29 is 14.3 Å². The Bertz CT molecular complexity index is 548. The minimum atomic E-state index is -0.557. The summed E-state index contributed by atoms with van der Waals surface area (Å²) in [6, 6.07) is 4.82. The van der Waals surface area contributed by atoms with Gasteiger partial charge in [-0.3, -0.25) is 9.59 Å². The molecule has 2 amide bonds. The smallest absolute Gasteiger partial charge is 0.242 e. The molecule has 0 unspecified atom stereocenters. The number of carbonyl (C=O) groups excluding carboxylic acids is 2. The molecular weight excluding hydrogens is 292 g/mol. The molecule has 0 aromatic heterocycles. The number of halogens is 1. The van der Waals surface area contributed by atoms with Gasteiger partial charge in [-0.25, -0.2) is 0 Å². The normalized spacial score (nSPS) is 18.1. The number of ether oxygens (including phenoxy) is 1. The van der Waals surface area contributed by atoms with Gasteiger partial charge < -0.3 is 15.4 Å². The second kappa shape index (κ2) is 6.80. The van der Waals surface area contributed by atoms with Crippen molar-refractivity contribution in [2.45, 2.75) is 26.3 Å². The van der Waals surface area contributed by atoms with Crippen molar-refractivity contribution in [1.82, 2.24) is 10.6 Å². The first kappa shape index (κ1) is 15.6. The van der Waals surface area contributed by atoms with Crippen molar-refractivity contribution in [2.24, 2.45) is 5.92 Å². The quantitative estimate of drug-likeness (QED) is 0.886. The van der Waals surface area contributed by atoms with Crippen LogP contribution in [-0.4, -0.2) is 31.0 Å². The summed E-state index contributed by atoms with van der Waals surface area (Å²) in [5.74, 6) is 0.0819. The summed E-state index contributed by atoms with van der Waals surface area (Å²) in [5.41, 5.74) is 0.916. The molecule has 2 N–H and O–H groups in total. The third-order valence-electron chi connectivity index (χ3n) is 3.40. The van der Waals surface area contributed by atoms with Gasteiger partial charge in [-0.2, -0.15) is 0 Å². The van der Waals surface area contributed by atoms with Gasteiger partial charge in [-0.15, -0.1) is 0 Å². The van der Waals surface area contributed by atoms with Gasteiger partial charge in [-0.1, -0.05) is 11.6 Å². The molecule has 0 radical (unpaired) electrons. The molecule has 21 heavy (non-hydrogen) atoms. The third kappa shape index (κ3) is 3.88. The first-order valence-corrected chi connectivity index (χ1v) is 7.38. The van der Waals surface area contributed by atoms with Gasteiger partial charge in [0, 0.05) is 11.6 Å². The van der Waals surface area contributed by atoms with E-state index in [1.54, 1.807) is 13.0 Å². The highest BCUT2D eigenvalue weighted by molar-refractivity contribution is 6.30. The van der Waals surface area contributed by atoms with Crippen molar-refractivity contribution >= 4 is 23.4 Å². The van der Waals surface area contributed by atoms with E-state index in [0.717, 1.165) is 11.3 Å². The SMILES string of the molecule is CCNC(=O)[C@H](C)NC(=O)[C@@H]1COc2ccc(Cl)cc2C1. The molecule has 0 fully saturated rings. The molecule has 114 valence electrons. The van der Waals surface area contributed by atoms with Crippen LogP contribution in [0.25, 0.3) is 0 Å². The zero-order valence-electron chi connectivity index (χ0n) is 12.1. The van der Waals surface area contributed by atoms with Crippen LogP contribution in [-0.2, 0) is 16.0 Å². The van der Waals surface area contributed by atoms with Crippen LogP contribution >= 0.6 is 11.6 Å². The minimum Gasteiger partial charge on any atom is -0.492 e. The number of likely N-dealkylation sites (N-methyl/N-ethyl adjacent to an activating group) is 1. The van der Waals surface area contributed by atoms with Crippen LogP contribution in [0.4, 0.5) is 0 Å². The maximum atomic E-state index is 12.2. The van der Waals surface area contributed by atoms with E-state index in [1.807, 2.05) is 19.1 Å². The van der Waals surface area contributed by atoms with E-state index in [-0.39, 0.29) is 17.7 Å². The van der Waals surface area contributed by atoms with E-state index in [2.05, 4.69) is 10.6 Å². The lowest BCUT2D eigenvalue weighted by Crippen LogP contribution is -2.48. The molecule has 0 bridgehead atoms. The molecule has 2 atom stereocenters. The molecule has 2 rings (SSSR count). The van der Waals surface area contributed by atoms with Crippen LogP contribution in [0.3, 0.4) is 0 Å². The molecule has 1 aromatic rings. The van der Waals surface area contributed by atoms with Crippen molar-refractivity contribution in [3.05, 3.63) is 28.8 Å². The van der Waals surface area contributed by atoms with Gasteiger partial charge in [0.25, 0.3) is 0 Å². The van der Waals surface area contributed by atoms with Crippen LogP contribution < -0.4 is 15.4 Å². The molecular formula is C15H19ClN2O3. The summed E-state index contributed by atoms with van der Waals surface area (Å²) in [4.78, 5) is 23.8. The fourth-order valence-corrected chi connectivity index (χ4v) is 2.45. The first-order valence-electron chi connectivity index (χ1n) is 7.00. The zero-order chi connectivity index (χ0) is 15.4. The monoisotopic (exact) mass is 310 g/mol. The van der Waals surface area contributed by atoms with E-state index in [9.17, 15) is 9.59 Å². The van der Waals surface area contributed by atoms with Gasteiger partial charge >= 0.3 is 0 Å². The lowest BCUT2D eigenvalue weighted by Gasteiger charge is -2.25. The predicted octanol–water partition coefficient (Wildman–Crippen LogP) is 1.53. The van der Waals surface area contributed by atoms with E-state index in [4.69, 9.17) is 16.3 Å². The lowest BCUT2D eigenvalue weighted by molar-refractivity contribution is -0.131. The average molecular weight is 311 g/mol. The molecule has 0 saturated carbocycles. The second-order valence-electron chi connectivity index (χ2n) is 5.09. The van der Waals surface area contributed by atoms with E-state index < -0.39 is 6.04 Å². The van der Waals surface area contributed by atoms with Crippen LogP contribution in [0.15, 0.2) is 18.2 Å². The van der Waals surface area contributed by atoms with Crippen molar-refractivity contribution in [3.63, 3.8) is 0 Å². The Hall–Kier alpha value is -1.75. The first-order chi connectivity index (χ1) is 10.0. The van der Waals surface area contributed by atoms with Crippen LogP contribution in [0.2, 0.25) is 5.02 Å². The highest BCUT2D eigenvalue weighted by atomic mass is 35.5. The average Bonchev–Trinajstić information content (AvgIpc) is 2.46. The fourth-order valence-electron chi connectivity index (χ4n) is 2.26. The Balaban J connectivity index is 1.97. The Kier molecular flexibility index (Phi) is 5.07. The van der Waals surface area contributed by atoms with Crippen molar-refractivity contribution in [3.8, 4) is 5.75 Å². The van der Waals surface area contributed by atoms with E-state index >= 15 is 0 Å². The van der Waals surface area contributed by atoms with E-state index in [0.29, 0.717) is 24.6 Å². The number of fused-ring (bicyclic) bond motifs is 1. The highest BCUT2D eigenvalue weighted by Crippen LogP contribution is 2.29.